The first-order valence-electron chi connectivity index (χ1n) is 9.09. The average molecular weight is 428 g/mol. The summed E-state index contributed by atoms with van der Waals surface area (Å²) in [6, 6.07) is 10.8. The van der Waals surface area contributed by atoms with Crippen LogP contribution in [-0.4, -0.2) is 37.0 Å². The predicted molar refractivity (Wildman–Crippen MR) is 116 cm³/mol. The van der Waals surface area contributed by atoms with Crippen LogP contribution in [0.4, 0.5) is 0 Å². The van der Waals surface area contributed by atoms with E-state index in [0.29, 0.717) is 34.4 Å². The van der Waals surface area contributed by atoms with E-state index in [-0.39, 0.29) is 5.91 Å². The van der Waals surface area contributed by atoms with Gasteiger partial charge in [-0.1, -0.05) is 11.6 Å². The summed E-state index contributed by atoms with van der Waals surface area (Å²) in [5, 5.41) is 7.81. The first kappa shape index (κ1) is 21.3. The highest BCUT2D eigenvalue weighted by Crippen LogP contribution is 2.35. The number of halogens is 1. The molecule has 3 rings (SSSR count). The molecule has 7 nitrogen and oxygen atoms in total. The second-order valence-electron chi connectivity index (χ2n) is 6.27. The zero-order valence-corrected chi connectivity index (χ0v) is 17.6. The number of amides is 1. The lowest BCUT2D eigenvalue weighted by Gasteiger charge is -2.12. The minimum absolute atomic E-state index is 0.244. The average Bonchev–Trinajstić information content (AvgIpc) is 3.25. The van der Waals surface area contributed by atoms with E-state index in [4.69, 9.17) is 25.8 Å². The molecule has 0 saturated heterocycles. The van der Waals surface area contributed by atoms with Gasteiger partial charge in [0.25, 0.3) is 0 Å². The number of rotatable bonds is 8. The summed E-state index contributed by atoms with van der Waals surface area (Å²) in [6.07, 6.45) is 6.65. The molecule has 0 radical (unpaired) electrons. The van der Waals surface area contributed by atoms with E-state index >= 15 is 0 Å². The number of carbonyl (C=O) groups excluding carboxylic acids is 1. The Morgan fingerprint density at radius 2 is 1.73 bits per heavy atom. The molecular weight excluding hydrogens is 406 g/mol. The summed E-state index contributed by atoms with van der Waals surface area (Å²) in [7, 11) is 4.65. The molecule has 1 aromatic heterocycles. The Bertz CT molecular complexity index is 1050. The number of methoxy groups -OCH3 is 3. The molecule has 0 bridgehead atoms. The van der Waals surface area contributed by atoms with Gasteiger partial charge in [0.1, 0.15) is 5.75 Å². The molecule has 156 valence electrons. The summed E-state index contributed by atoms with van der Waals surface area (Å²) in [5.74, 6) is 1.42. The van der Waals surface area contributed by atoms with Crippen LogP contribution in [0.3, 0.4) is 0 Å². The van der Waals surface area contributed by atoms with Crippen LogP contribution in [0.25, 0.3) is 11.8 Å². The number of hydrogen-bond donors (Lipinski definition) is 1. The Labute approximate surface area is 179 Å². The van der Waals surface area contributed by atoms with Crippen molar-refractivity contribution in [2.24, 2.45) is 0 Å². The summed E-state index contributed by atoms with van der Waals surface area (Å²) < 4.78 is 17.7. The van der Waals surface area contributed by atoms with Gasteiger partial charge in [0, 0.05) is 41.0 Å². The standard InChI is InChI=1S/C22H22ClN3O4/c1-28-19-11-21(30-3)20(29-2)10-16(19)4-9-22(27)24-12-15-13-25-26(14-15)18-7-5-17(23)6-8-18/h4-11,13-14H,12H2,1-3H3,(H,24,27)/b9-4+. The molecule has 2 aromatic carbocycles. The van der Waals surface area contributed by atoms with E-state index in [1.807, 2.05) is 18.3 Å². The fraction of sp³-hybridized carbons (Fsp3) is 0.182. The monoisotopic (exact) mass is 427 g/mol. The molecule has 0 aliphatic rings. The lowest BCUT2D eigenvalue weighted by molar-refractivity contribution is -0.116. The predicted octanol–water partition coefficient (Wildman–Crippen LogP) is 3.88. The second-order valence-corrected chi connectivity index (χ2v) is 6.71. The third-order valence-electron chi connectivity index (χ3n) is 4.34. The zero-order chi connectivity index (χ0) is 21.5. The zero-order valence-electron chi connectivity index (χ0n) is 16.9. The Kier molecular flexibility index (Phi) is 6.98. The number of nitrogens with one attached hydrogen (secondary N) is 1. The number of nitrogens with zero attached hydrogens (tertiary/aromatic N) is 2. The molecule has 8 heteroatoms. The van der Waals surface area contributed by atoms with Gasteiger partial charge in [0.15, 0.2) is 11.5 Å². The van der Waals surface area contributed by atoms with Gasteiger partial charge in [-0.05, 0) is 36.4 Å². The fourth-order valence-electron chi connectivity index (χ4n) is 2.78. The van der Waals surface area contributed by atoms with E-state index in [1.165, 1.54) is 6.08 Å². The molecular formula is C22H22ClN3O4. The maximum absolute atomic E-state index is 12.2. The normalized spacial score (nSPS) is 10.8. The van der Waals surface area contributed by atoms with Crippen LogP contribution in [0.2, 0.25) is 5.02 Å². The fourth-order valence-corrected chi connectivity index (χ4v) is 2.91. The van der Waals surface area contributed by atoms with Crippen LogP contribution in [0.5, 0.6) is 17.2 Å². The molecule has 3 aromatic rings. The van der Waals surface area contributed by atoms with Crippen LogP contribution in [0.15, 0.2) is 54.9 Å². The maximum Gasteiger partial charge on any atom is 0.244 e. The van der Waals surface area contributed by atoms with Gasteiger partial charge in [-0.15, -0.1) is 0 Å². The summed E-state index contributed by atoms with van der Waals surface area (Å²) >= 11 is 5.91. The quantitative estimate of drug-likeness (QED) is 0.552. The molecule has 0 aliphatic heterocycles. The van der Waals surface area contributed by atoms with Gasteiger partial charge in [-0.25, -0.2) is 4.68 Å². The minimum atomic E-state index is -0.244. The van der Waals surface area contributed by atoms with Crippen LogP contribution in [-0.2, 0) is 11.3 Å². The van der Waals surface area contributed by atoms with Crippen molar-refractivity contribution in [1.82, 2.24) is 15.1 Å². The van der Waals surface area contributed by atoms with E-state index in [0.717, 1.165) is 11.3 Å². The van der Waals surface area contributed by atoms with Crippen molar-refractivity contribution in [1.29, 1.82) is 0 Å². The van der Waals surface area contributed by atoms with E-state index < -0.39 is 0 Å². The molecule has 0 fully saturated rings. The molecule has 30 heavy (non-hydrogen) atoms. The Hall–Kier alpha value is -3.45. The maximum atomic E-state index is 12.2. The number of ether oxygens (including phenoxy) is 3. The third-order valence-corrected chi connectivity index (χ3v) is 4.60. The molecule has 1 N–H and O–H groups in total. The van der Waals surface area contributed by atoms with Gasteiger partial charge in [0.2, 0.25) is 5.91 Å². The summed E-state index contributed by atoms with van der Waals surface area (Å²) in [6.45, 7) is 0.347. The van der Waals surface area contributed by atoms with Crippen molar-refractivity contribution >= 4 is 23.6 Å². The van der Waals surface area contributed by atoms with E-state index in [1.54, 1.807) is 62.5 Å². The lowest BCUT2D eigenvalue weighted by Crippen LogP contribution is -2.19. The van der Waals surface area contributed by atoms with E-state index in [9.17, 15) is 4.79 Å². The van der Waals surface area contributed by atoms with Crippen molar-refractivity contribution in [3.05, 3.63) is 71.0 Å². The van der Waals surface area contributed by atoms with Crippen LogP contribution in [0.1, 0.15) is 11.1 Å². The lowest BCUT2D eigenvalue weighted by atomic mass is 10.1. The van der Waals surface area contributed by atoms with Gasteiger partial charge < -0.3 is 19.5 Å². The molecule has 0 unspecified atom stereocenters. The Morgan fingerprint density at radius 3 is 2.40 bits per heavy atom. The number of carbonyl (C=O) groups is 1. The topological polar surface area (TPSA) is 74.6 Å². The van der Waals surface area contributed by atoms with E-state index in [2.05, 4.69) is 10.4 Å². The first-order chi connectivity index (χ1) is 14.5. The van der Waals surface area contributed by atoms with Crippen molar-refractivity contribution in [2.45, 2.75) is 6.54 Å². The molecule has 1 heterocycles. The van der Waals surface area contributed by atoms with Crippen molar-refractivity contribution in [3.63, 3.8) is 0 Å². The van der Waals surface area contributed by atoms with Crippen molar-refractivity contribution in [3.8, 4) is 22.9 Å². The summed E-state index contributed by atoms with van der Waals surface area (Å²) in [5.41, 5.74) is 2.45. The van der Waals surface area contributed by atoms with Crippen molar-refractivity contribution in [2.75, 3.05) is 21.3 Å². The Morgan fingerprint density at radius 1 is 1.07 bits per heavy atom. The largest absolute Gasteiger partial charge is 0.496 e. The second kappa shape index (κ2) is 9.84. The highest BCUT2D eigenvalue weighted by Gasteiger charge is 2.10. The highest BCUT2D eigenvalue weighted by atomic mass is 35.5. The smallest absolute Gasteiger partial charge is 0.244 e. The van der Waals surface area contributed by atoms with Gasteiger partial charge in [-0.2, -0.15) is 5.10 Å². The molecule has 0 saturated carbocycles. The van der Waals surface area contributed by atoms with Gasteiger partial charge in [0.05, 0.1) is 33.2 Å². The van der Waals surface area contributed by atoms with Gasteiger partial charge >= 0.3 is 0 Å². The Balaban J connectivity index is 1.64. The summed E-state index contributed by atoms with van der Waals surface area (Å²) in [4.78, 5) is 12.2. The highest BCUT2D eigenvalue weighted by molar-refractivity contribution is 6.30. The minimum Gasteiger partial charge on any atom is -0.496 e. The third kappa shape index (κ3) is 5.12. The number of hydrogen-bond acceptors (Lipinski definition) is 5. The van der Waals surface area contributed by atoms with Crippen molar-refractivity contribution < 1.29 is 19.0 Å². The molecule has 1 amide bonds. The van der Waals surface area contributed by atoms with Gasteiger partial charge in [-0.3, -0.25) is 4.79 Å². The first-order valence-corrected chi connectivity index (χ1v) is 9.47. The molecule has 0 aliphatic carbocycles. The number of benzene rings is 2. The SMILES string of the molecule is COc1cc(OC)c(OC)cc1/C=C/C(=O)NCc1cnn(-c2ccc(Cl)cc2)c1. The van der Waals surface area contributed by atoms with Crippen LogP contribution < -0.4 is 19.5 Å². The van der Waals surface area contributed by atoms with Crippen LogP contribution in [0, 0.1) is 0 Å². The number of aromatic nitrogens is 2. The van der Waals surface area contributed by atoms with Crippen LogP contribution >= 0.6 is 11.6 Å². The molecule has 0 spiro atoms. The molecule has 0 atom stereocenters.